The van der Waals surface area contributed by atoms with Gasteiger partial charge >= 0.3 is 13.2 Å². The van der Waals surface area contributed by atoms with Crippen LogP contribution in [0.1, 0.15) is 99.0 Å². The van der Waals surface area contributed by atoms with Gasteiger partial charge in [0.05, 0.1) is 16.6 Å². The number of carbonyl (C=O) groups excluding carboxylic acids is 2. The highest BCUT2D eigenvalue weighted by molar-refractivity contribution is 6.62. The standard InChI is InChI=1S/C32H48BN3O5/c1-29(2,3)39-28(38)35-17-13-32(14-18-35)25-12-11-22(33-40-30(4,5)31(6,7)41-33)19-26(25)36(27(32)37)24-20-23(21-24)34-15-9-8-10-16-34/h11-12,19,23-24H,8-10,13-18,20-21H2,1-7H3. The molecule has 0 radical (unpaired) electrons. The van der Waals surface area contributed by atoms with Gasteiger partial charge in [-0.1, -0.05) is 18.6 Å². The maximum Gasteiger partial charge on any atom is 0.494 e. The third-order valence-corrected chi connectivity index (χ3v) is 10.6. The summed E-state index contributed by atoms with van der Waals surface area (Å²) in [4.78, 5) is 33.9. The second-order valence-electron chi connectivity index (χ2n) is 15.0. The average Bonchev–Trinajstić information content (AvgIpc) is 3.24. The Balaban J connectivity index is 1.27. The number of piperidine rings is 2. The zero-order valence-corrected chi connectivity index (χ0v) is 26.1. The van der Waals surface area contributed by atoms with E-state index in [-0.39, 0.29) is 18.0 Å². The van der Waals surface area contributed by atoms with E-state index < -0.39 is 29.3 Å². The van der Waals surface area contributed by atoms with Gasteiger partial charge in [0.2, 0.25) is 5.91 Å². The second-order valence-corrected chi connectivity index (χ2v) is 15.0. The molecule has 1 aromatic rings. The number of ether oxygens (including phenoxy) is 1. The smallest absolute Gasteiger partial charge is 0.444 e. The first-order valence-corrected chi connectivity index (χ1v) is 15.8. The molecule has 8 nitrogen and oxygen atoms in total. The molecule has 0 unspecified atom stereocenters. The zero-order valence-electron chi connectivity index (χ0n) is 26.1. The summed E-state index contributed by atoms with van der Waals surface area (Å²) in [6.07, 6.45) is 6.84. The molecule has 1 saturated carbocycles. The first-order chi connectivity index (χ1) is 19.2. The monoisotopic (exact) mass is 565 g/mol. The normalized spacial score (nSPS) is 29.0. The van der Waals surface area contributed by atoms with Gasteiger partial charge in [0, 0.05) is 30.9 Å². The molecule has 1 spiro atoms. The van der Waals surface area contributed by atoms with Gasteiger partial charge in [-0.05, 0) is 117 Å². The first-order valence-electron chi connectivity index (χ1n) is 15.8. The van der Waals surface area contributed by atoms with Crippen LogP contribution in [0.2, 0.25) is 0 Å². The molecular formula is C32H48BN3O5. The molecule has 0 N–H and O–H groups in total. The van der Waals surface area contributed by atoms with Crippen molar-refractivity contribution in [1.82, 2.24) is 9.80 Å². The Hall–Kier alpha value is -2.10. The Labute approximate surface area is 246 Å². The summed E-state index contributed by atoms with van der Waals surface area (Å²) in [6.45, 7) is 17.3. The molecule has 1 aromatic carbocycles. The molecule has 2 amide bonds. The molecule has 0 atom stereocenters. The number of benzene rings is 1. The number of likely N-dealkylation sites (tertiary alicyclic amines) is 2. The predicted molar refractivity (Wildman–Crippen MR) is 161 cm³/mol. The van der Waals surface area contributed by atoms with E-state index >= 15 is 0 Å². The highest BCUT2D eigenvalue weighted by Gasteiger charge is 2.57. The SMILES string of the molecule is CC(C)(C)OC(=O)N1CCC2(CC1)C(=O)N(C1CC(N3CCCCC3)C1)c1cc(B3OC(C)(C)C(C)(C)O3)ccc12. The van der Waals surface area contributed by atoms with Gasteiger partial charge < -0.3 is 28.7 Å². The summed E-state index contributed by atoms with van der Waals surface area (Å²) in [7, 11) is -0.477. The Bertz CT molecular complexity index is 1170. The Morgan fingerprint density at radius 3 is 2.12 bits per heavy atom. The van der Waals surface area contributed by atoms with Crippen LogP contribution in [0.15, 0.2) is 18.2 Å². The average molecular weight is 566 g/mol. The van der Waals surface area contributed by atoms with E-state index in [1.165, 1.54) is 32.4 Å². The van der Waals surface area contributed by atoms with Crippen molar-refractivity contribution < 1.29 is 23.6 Å². The van der Waals surface area contributed by atoms with E-state index in [4.69, 9.17) is 14.0 Å². The molecule has 41 heavy (non-hydrogen) atoms. The lowest BCUT2D eigenvalue weighted by atomic mass is 9.71. The van der Waals surface area contributed by atoms with Gasteiger partial charge in [0.15, 0.2) is 0 Å². The summed E-state index contributed by atoms with van der Waals surface area (Å²) in [6, 6.07) is 7.13. The minimum absolute atomic E-state index is 0.199. The van der Waals surface area contributed by atoms with Crippen molar-refractivity contribution in [3.05, 3.63) is 23.8 Å². The summed E-state index contributed by atoms with van der Waals surface area (Å²) in [5, 5.41) is 0. The molecule has 3 saturated heterocycles. The molecule has 1 aliphatic carbocycles. The largest absolute Gasteiger partial charge is 0.494 e. The van der Waals surface area contributed by atoms with Crippen molar-refractivity contribution in [2.75, 3.05) is 31.1 Å². The highest BCUT2D eigenvalue weighted by atomic mass is 16.7. The number of rotatable bonds is 3. The van der Waals surface area contributed by atoms with E-state index in [1.807, 2.05) is 20.8 Å². The third-order valence-electron chi connectivity index (χ3n) is 10.6. The van der Waals surface area contributed by atoms with Gasteiger partial charge in [-0.25, -0.2) is 4.79 Å². The highest BCUT2D eigenvalue weighted by Crippen LogP contribution is 2.51. The lowest BCUT2D eigenvalue weighted by Crippen LogP contribution is -2.58. The van der Waals surface area contributed by atoms with Crippen LogP contribution in [-0.4, -0.2) is 84.0 Å². The number of nitrogens with zero attached hydrogens (tertiary/aromatic N) is 3. The van der Waals surface area contributed by atoms with Crippen LogP contribution in [0.5, 0.6) is 0 Å². The number of hydrogen-bond acceptors (Lipinski definition) is 6. The quantitative estimate of drug-likeness (QED) is 0.499. The Kier molecular flexibility index (Phi) is 7.06. The summed E-state index contributed by atoms with van der Waals surface area (Å²) in [5.41, 5.74) is 1.03. The molecule has 9 heteroatoms. The van der Waals surface area contributed by atoms with Crippen LogP contribution in [0.25, 0.3) is 0 Å². The zero-order chi connectivity index (χ0) is 29.4. The number of anilines is 1. The molecule has 4 fully saturated rings. The topological polar surface area (TPSA) is 71.6 Å². The van der Waals surface area contributed by atoms with Gasteiger partial charge in [0.25, 0.3) is 0 Å². The van der Waals surface area contributed by atoms with Crippen LogP contribution < -0.4 is 10.4 Å². The molecule has 0 aromatic heterocycles. The number of fused-ring (bicyclic) bond motifs is 2. The molecule has 4 aliphatic heterocycles. The number of hydrogen-bond donors (Lipinski definition) is 0. The van der Waals surface area contributed by atoms with Gasteiger partial charge in [-0.2, -0.15) is 0 Å². The number of amides is 2. The van der Waals surface area contributed by atoms with Crippen molar-refractivity contribution in [2.45, 2.75) is 128 Å². The molecule has 0 bridgehead atoms. The van der Waals surface area contributed by atoms with Crippen LogP contribution in [0, 0.1) is 0 Å². The predicted octanol–water partition coefficient (Wildman–Crippen LogP) is 4.62. The van der Waals surface area contributed by atoms with Crippen LogP contribution >= 0.6 is 0 Å². The van der Waals surface area contributed by atoms with E-state index in [0.717, 1.165) is 29.6 Å². The van der Waals surface area contributed by atoms with E-state index in [1.54, 1.807) is 4.90 Å². The van der Waals surface area contributed by atoms with E-state index in [9.17, 15) is 9.59 Å². The van der Waals surface area contributed by atoms with Gasteiger partial charge in [0.1, 0.15) is 5.60 Å². The Morgan fingerprint density at radius 2 is 1.54 bits per heavy atom. The number of carbonyl (C=O) groups is 2. The molecule has 6 rings (SSSR count). The molecule has 224 valence electrons. The van der Waals surface area contributed by atoms with Crippen LogP contribution in [0.3, 0.4) is 0 Å². The van der Waals surface area contributed by atoms with Crippen LogP contribution in [-0.2, 0) is 24.3 Å². The maximum absolute atomic E-state index is 14.5. The van der Waals surface area contributed by atoms with Crippen molar-refractivity contribution in [1.29, 1.82) is 0 Å². The van der Waals surface area contributed by atoms with Gasteiger partial charge in [-0.3, -0.25) is 4.79 Å². The second kappa shape index (κ2) is 9.98. The summed E-state index contributed by atoms with van der Waals surface area (Å²) in [5.74, 6) is 0.199. The van der Waals surface area contributed by atoms with E-state index in [2.05, 4.69) is 55.7 Å². The van der Waals surface area contributed by atoms with E-state index in [0.29, 0.717) is 32.0 Å². The minimum Gasteiger partial charge on any atom is -0.444 e. The fraction of sp³-hybridized carbons (Fsp3) is 0.750. The van der Waals surface area contributed by atoms with Crippen molar-refractivity contribution in [2.24, 2.45) is 0 Å². The van der Waals surface area contributed by atoms with Crippen molar-refractivity contribution in [3.63, 3.8) is 0 Å². The maximum atomic E-state index is 14.5. The molecule has 5 aliphatic rings. The Morgan fingerprint density at radius 1 is 0.927 bits per heavy atom. The third kappa shape index (κ3) is 5.00. The first kappa shape index (κ1) is 29.0. The van der Waals surface area contributed by atoms with Crippen molar-refractivity contribution in [3.8, 4) is 0 Å². The molecule has 4 heterocycles. The van der Waals surface area contributed by atoms with Crippen molar-refractivity contribution >= 4 is 30.3 Å². The summed E-state index contributed by atoms with van der Waals surface area (Å²) < 4.78 is 18.4. The van der Waals surface area contributed by atoms with Gasteiger partial charge in [-0.15, -0.1) is 0 Å². The minimum atomic E-state index is -0.613. The lowest BCUT2D eigenvalue weighted by molar-refractivity contribution is -0.126. The molecular weight excluding hydrogens is 517 g/mol. The van der Waals surface area contributed by atoms with Crippen LogP contribution in [0.4, 0.5) is 10.5 Å². The fourth-order valence-corrected chi connectivity index (χ4v) is 7.33. The fourth-order valence-electron chi connectivity index (χ4n) is 7.33. The summed E-state index contributed by atoms with van der Waals surface area (Å²) >= 11 is 0. The lowest BCUT2D eigenvalue weighted by Gasteiger charge is -2.48.